The molecule has 16 heavy (non-hydrogen) atoms. The fourth-order valence-electron chi connectivity index (χ4n) is 2.20. The highest BCUT2D eigenvalue weighted by molar-refractivity contribution is 7.98. The molecule has 1 fully saturated rings. The van der Waals surface area contributed by atoms with Crippen LogP contribution in [0, 0.1) is 0 Å². The maximum Gasteiger partial charge on any atom is 0.0505 e. The standard InChI is InChI=1S/C13H20N2S/c1-3-14-8-10-15(11-9-14)12-6-4-5-7-13(12)16-2/h4-7H,3,8-11H2,1-2H3. The second-order valence-corrected chi connectivity index (χ2v) is 4.94. The van der Waals surface area contributed by atoms with Crippen molar-refractivity contribution in [1.82, 2.24) is 4.90 Å². The van der Waals surface area contributed by atoms with Gasteiger partial charge in [-0.2, -0.15) is 0 Å². The summed E-state index contributed by atoms with van der Waals surface area (Å²) < 4.78 is 0. The molecule has 2 nitrogen and oxygen atoms in total. The molecule has 0 amide bonds. The van der Waals surface area contributed by atoms with Crippen molar-refractivity contribution in [2.75, 3.05) is 43.9 Å². The molecule has 3 heteroatoms. The van der Waals surface area contributed by atoms with Crippen molar-refractivity contribution in [1.29, 1.82) is 0 Å². The summed E-state index contributed by atoms with van der Waals surface area (Å²) in [6.07, 6.45) is 2.15. The maximum absolute atomic E-state index is 2.51. The highest BCUT2D eigenvalue weighted by atomic mass is 32.2. The zero-order valence-corrected chi connectivity index (χ0v) is 11.0. The summed E-state index contributed by atoms with van der Waals surface area (Å²) >= 11 is 1.84. The van der Waals surface area contributed by atoms with E-state index in [1.54, 1.807) is 0 Å². The molecule has 0 atom stereocenters. The Balaban J connectivity index is 2.07. The maximum atomic E-state index is 2.51. The normalized spacial score (nSPS) is 17.8. The van der Waals surface area contributed by atoms with Gasteiger partial charge in [0.25, 0.3) is 0 Å². The first-order valence-electron chi connectivity index (χ1n) is 5.95. The van der Waals surface area contributed by atoms with E-state index in [2.05, 4.69) is 47.2 Å². The van der Waals surface area contributed by atoms with Gasteiger partial charge in [-0.05, 0) is 24.9 Å². The van der Waals surface area contributed by atoms with Gasteiger partial charge in [0, 0.05) is 31.1 Å². The third kappa shape index (κ3) is 2.53. The lowest BCUT2D eigenvalue weighted by molar-refractivity contribution is 0.271. The van der Waals surface area contributed by atoms with E-state index in [0.29, 0.717) is 0 Å². The number of hydrogen-bond acceptors (Lipinski definition) is 3. The minimum atomic E-state index is 1.16. The number of hydrogen-bond donors (Lipinski definition) is 0. The SMILES string of the molecule is CCN1CCN(c2ccccc2SC)CC1. The van der Waals surface area contributed by atoms with Crippen molar-refractivity contribution >= 4 is 17.4 Å². The molecule has 0 aromatic heterocycles. The van der Waals surface area contributed by atoms with Gasteiger partial charge in [-0.3, -0.25) is 0 Å². The predicted octanol–water partition coefficient (Wildman–Crippen LogP) is 2.55. The Morgan fingerprint density at radius 3 is 2.44 bits per heavy atom. The Morgan fingerprint density at radius 2 is 1.81 bits per heavy atom. The smallest absolute Gasteiger partial charge is 0.0505 e. The molecule has 88 valence electrons. The first kappa shape index (κ1) is 11.8. The van der Waals surface area contributed by atoms with Crippen LogP contribution >= 0.6 is 11.8 Å². The lowest BCUT2D eigenvalue weighted by Crippen LogP contribution is -2.46. The molecule has 2 rings (SSSR count). The molecule has 0 N–H and O–H groups in total. The lowest BCUT2D eigenvalue weighted by Gasteiger charge is -2.36. The molecule has 0 aliphatic carbocycles. The molecule has 0 unspecified atom stereocenters. The van der Waals surface area contributed by atoms with Gasteiger partial charge in [0.15, 0.2) is 0 Å². The van der Waals surface area contributed by atoms with E-state index in [1.807, 2.05) is 11.8 Å². The van der Waals surface area contributed by atoms with Crippen LogP contribution in [0.2, 0.25) is 0 Å². The first-order valence-corrected chi connectivity index (χ1v) is 7.18. The Kier molecular flexibility index (Phi) is 4.13. The molecule has 1 heterocycles. The number of rotatable bonds is 3. The fourth-order valence-corrected chi connectivity index (χ4v) is 2.82. The molecule has 0 spiro atoms. The zero-order valence-electron chi connectivity index (χ0n) is 10.1. The van der Waals surface area contributed by atoms with E-state index < -0.39 is 0 Å². The summed E-state index contributed by atoms with van der Waals surface area (Å²) in [6.45, 7) is 8.12. The highest BCUT2D eigenvalue weighted by Gasteiger charge is 2.17. The van der Waals surface area contributed by atoms with Crippen molar-refractivity contribution in [3.63, 3.8) is 0 Å². The summed E-state index contributed by atoms with van der Waals surface area (Å²) in [4.78, 5) is 6.42. The topological polar surface area (TPSA) is 6.48 Å². The van der Waals surface area contributed by atoms with Crippen LogP contribution in [-0.4, -0.2) is 43.9 Å². The van der Waals surface area contributed by atoms with Crippen LogP contribution in [-0.2, 0) is 0 Å². The number of thioether (sulfide) groups is 1. The van der Waals surface area contributed by atoms with E-state index in [-0.39, 0.29) is 0 Å². The molecule has 1 aromatic carbocycles. The number of benzene rings is 1. The van der Waals surface area contributed by atoms with Gasteiger partial charge in [-0.1, -0.05) is 19.1 Å². The molecular weight excluding hydrogens is 216 g/mol. The molecule has 1 saturated heterocycles. The van der Waals surface area contributed by atoms with Crippen molar-refractivity contribution in [2.45, 2.75) is 11.8 Å². The van der Waals surface area contributed by atoms with Gasteiger partial charge in [0.2, 0.25) is 0 Å². The second kappa shape index (κ2) is 5.60. The summed E-state index contributed by atoms with van der Waals surface area (Å²) in [6, 6.07) is 8.72. The summed E-state index contributed by atoms with van der Waals surface area (Å²) in [7, 11) is 0. The minimum Gasteiger partial charge on any atom is -0.368 e. The lowest BCUT2D eigenvalue weighted by atomic mass is 10.2. The van der Waals surface area contributed by atoms with Crippen molar-refractivity contribution < 1.29 is 0 Å². The summed E-state index contributed by atoms with van der Waals surface area (Å²) in [5, 5.41) is 0. The molecular formula is C13H20N2S. The van der Waals surface area contributed by atoms with Crippen LogP contribution < -0.4 is 4.90 Å². The van der Waals surface area contributed by atoms with Gasteiger partial charge in [-0.15, -0.1) is 11.8 Å². The molecule has 1 aliphatic heterocycles. The predicted molar refractivity (Wildman–Crippen MR) is 72.6 cm³/mol. The van der Waals surface area contributed by atoms with Crippen LogP contribution in [0.3, 0.4) is 0 Å². The van der Waals surface area contributed by atoms with Crippen molar-refractivity contribution in [3.8, 4) is 0 Å². The number of nitrogens with zero attached hydrogens (tertiary/aromatic N) is 2. The van der Waals surface area contributed by atoms with Crippen LogP contribution in [0.5, 0.6) is 0 Å². The van der Waals surface area contributed by atoms with Crippen molar-refractivity contribution in [3.05, 3.63) is 24.3 Å². The molecule has 0 bridgehead atoms. The monoisotopic (exact) mass is 236 g/mol. The van der Waals surface area contributed by atoms with Crippen LogP contribution in [0.1, 0.15) is 6.92 Å². The number of para-hydroxylation sites is 1. The molecule has 1 aliphatic rings. The molecule has 0 saturated carbocycles. The van der Waals surface area contributed by atoms with Crippen LogP contribution in [0.4, 0.5) is 5.69 Å². The van der Waals surface area contributed by atoms with E-state index in [0.717, 1.165) is 13.1 Å². The van der Waals surface area contributed by atoms with Crippen molar-refractivity contribution in [2.24, 2.45) is 0 Å². The minimum absolute atomic E-state index is 1.16. The third-order valence-corrected chi connectivity index (χ3v) is 4.03. The summed E-state index contributed by atoms with van der Waals surface area (Å²) in [5.74, 6) is 0. The average molecular weight is 236 g/mol. The first-order chi connectivity index (χ1) is 7.85. The van der Waals surface area contributed by atoms with Gasteiger partial charge >= 0.3 is 0 Å². The summed E-state index contributed by atoms with van der Waals surface area (Å²) in [5.41, 5.74) is 1.41. The van der Waals surface area contributed by atoms with Gasteiger partial charge < -0.3 is 9.80 Å². The third-order valence-electron chi connectivity index (χ3n) is 3.25. The van der Waals surface area contributed by atoms with Crippen LogP contribution in [0.25, 0.3) is 0 Å². The Morgan fingerprint density at radius 1 is 1.12 bits per heavy atom. The highest BCUT2D eigenvalue weighted by Crippen LogP contribution is 2.28. The van der Waals surface area contributed by atoms with E-state index in [4.69, 9.17) is 0 Å². The van der Waals surface area contributed by atoms with Crippen LogP contribution in [0.15, 0.2) is 29.2 Å². The second-order valence-electron chi connectivity index (χ2n) is 4.09. The Hall–Kier alpha value is -0.670. The Labute approximate surface area is 103 Å². The van der Waals surface area contributed by atoms with Gasteiger partial charge in [0.05, 0.1) is 5.69 Å². The molecule has 1 aromatic rings. The number of anilines is 1. The average Bonchev–Trinajstić information content (AvgIpc) is 2.39. The quantitative estimate of drug-likeness (QED) is 0.745. The van der Waals surface area contributed by atoms with E-state index >= 15 is 0 Å². The van der Waals surface area contributed by atoms with Gasteiger partial charge in [-0.25, -0.2) is 0 Å². The number of likely N-dealkylation sites (N-methyl/N-ethyl adjacent to an activating group) is 1. The molecule has 0 radical (unpaired) electrons. The zero-order chi connectivity index (χ0) is 11.4. The van der Waals surface area contributed by atoms with Gasteiger partial charge in [0.1, 0.15) is 0 Å². The number of piperazine rings is 1. The Bertz CT molecular complexity index is 332. The van der Waals surface area contributed by atoms with E-state index in [1.165, 1.54) is 30.2 Å². The largest absolute Gasteiger partial charge is 0.368 e. The fraction of sp³-hybridized carbons (Fsp3) is 0.538. The van der Waals surface area contributed by atoms with E-state index in [9.17, 15) is 0 Å².